The molecular formula is C22H19F3N4O6S. The number of amides is 1. The molecule has 5 rings (SSSR count). The van der Waals surface area contributed by atoms with Crippen molar-refractivity contribution in [2.24, 2.45) is 0 Å². The summed E-state index contributed by atoms with van der Waals surface area (Å²) in [4.78, 5) is 25.9. The number of nitrogens with one attached hydrogen (secondary N) is 1. The highest BCUT2D eigenvalue weighted by Crippen LogP contribution is 2.53. The lowest BCUT2D eigenvalue weighted by Gasteiger charge is -2.33. The standard InChI is InChI=1S/C22H19F3N4O6S/c1-20(2)33-8-21(35-20)15-14(11-6-5-10(22(23,24)25)7-12(11)34-21)28-19(36-15)29-16(30)13-17(31-3)26-9-27-18(13)32-4/h5-7,9H,8H2,1-4H3,(H,28,29,30). The fourth-order valence-corrected chi connectivity index (χ4v) is 4.95. The second-order valence-electron chi connectivity index (χ2n) is 8.27. The van der Waals surface area contributed by atoms with Gasteiger partial charge in [0.2, 0.25) is 11.8 Å². The number of nitrogens with zero attached hydrogens (tertiary/aromatic N) is 3. The van der Waals surface area contributed by atoms with E-state index in [2.05, 4.69) is 20.3 Å². The Kier molecular flexibility index (Phi) is 5.57. The maximum absolute atomic E-state index is 13.4. The average molecular weight is 524 g/mol. The first-order chi connectivity index (χ1) is 17.0. The minimum absolute atomic E-state index is 0.0141. The maximum atomic E-state index is 13.4. The molecular weight excluding hydrogens is 505 g/mol. The average Bonchev–Trinajstić information content (AvgIpc) is 3.38. The van der Waals surface area contributed by atoms with E-state index in [-0.39, 0.29) is 34.8 Å². The molecule has 0 aliphatic carbocycles. The first-order valence-electron chi connectivity index (χ1n) is 10.5. The summed E-state index contributed by atoms with van der Waals surface area (Å²) in [6, 6.07) is 3.10. The van der Waals surface area contributed by atoms with Gasteiger partial charge in [0.25, 0.3) is 11.7 Å². The number of hydrogen-bond acceptors (Lipinski definition) is 10. The van der Waals surface area contributed by atoms with E-state index < -0.39 is 29.2 Å². The van der Waals surface area contributed by atoms with Crippen molar-refractivity contribution >= 4 is 22.4 Å². The predicted octanol–water partition coefficient (Wildman–Crippen LogP) is 4.22. The van der Waals surface area contributed by atoms with E-state index in [0.717, 1.165) is 23.5 Å². The van der Waals surface area contributed by atoms with Crippen molar-refractivity contribution in [2.45, 2.75) is 31.6 Å². The molecule has 1 aromatic carbocycles. The number of thiazole rings is 1. The van der Waals surface area contributed by atoms with E-state index in [1.165, 1.54) is 26.6 Å². The Bertz CT molecular complexity index is 1340. The van der Waals surface area contributed by atoms with Gasteiger partial charge in [-0.2, -0.15) is 13.2 Å². The molecule has 2 aliphatic rings. The highest BCUT2D eigenvalue weighted by Gasteiger charge is 2.54. The molecule has 2 aliphatic heterocycles. The molecule has 10 nitrogen and oxygen atoms in total. The van der Waals surface area contributed by atoms with Crippen molar-refractivity contribution in [3.05, 3.63) is 40.5 Å². The van der Waals surface area contributed by atoms with Crippen LogP contribution in [0.3, 0.4) is 0 Å². The molecule has 3 aromatic rings. The highest BCUT2D eigenvalue weighted by atomic mass is 32.1. The molecule has 1 fully saturated rings. The zero-order valence-electron chi connectivity index (χ0n) is 19.3. The number of carbonyl (C=O) groups is 1. The maximum Gasteiger partial charge on any atom is 0.416 e. The lowest BCUT2D eigenvalue weighted by molar-refractivity contribution is -0.223. The second kappa shape index (κ2) is 8.28. The number of rotatable bonds is 4. The van der Waals surface area contributed by atoms with Crippen LogP contribution < -0.4 is 19.5 Å². The number of benzene rings is 1. The van der Waals surface area contributed by atoms with Crippen LogP contribution in [0.5, 0.6) is 17.5 Å². The largest absolute Gasteiger partial charge is 0.480 e. The summed E-state index contributed by atoms with van der Waals surface area (Å²) in [6.45, 7) is 3.21. The Morgan fingerprint density at radius 3 is 2.44 bits per heavy atom. The topological polar surface area (TPSA) is 114 Å². The number of alkyl halides is 3. The molecule has 1 N–H and O–H groups in total. The third kappa shape index (κ3) is 4.00. The van der Waals surface area contributed by atoms with E-state index in [0.29, 0.717) is 16.1 Å². The first-order valence-corrected chi connectivity index (χ1v) is 11.3. The lowest BCUT2D eigenvalue weighted by atomic mass is 10.0. The molecule has 1 atom stereocenters. The summed E-state index contributed by atoms with van der Waals surface area (Å²) in [5, 5.41) is 2.78. The van der Waals surface area contributed by atoms with Crippen molar-refractivity contribution in [1.82, 2.24) is 15.0 Å². The third-order valence-corrected chi connectivity index (χ3v) is 6.54. The molecule has 4 heterocycles. The number of halogens is 3. The van der Waals surface area contributed by atoms with Gasteiger partial charge < -0.3 is 23.7 Å². The van der Waals surface area contributed by atoms with E-state index in [1.54, 1.807) is 13.8 Å². The van der Waals surface area contributed by atoms with Crippen LogP contribution in [-0.2, 0) is 21.4 Å². The van der Waals surface area contributed by atoms with Gasteiger partial charge in [-0.05, 0) is 32.0 Å². The van der Waals surface area contributed by atoms with Crippen LogP contribution in [0, 0.1) is 0 Å². The van der Waals surface area contributed by atoms with Crippen molar-refractivity contribution in [2.75, 3.05) is 26.1 Å². The molecule has 14 heteroatoms. The van der Waals surface area contributed by atoms with Crippen LogP contribution in [0.4, 0.5) is 18.3 Å². The Balaban J connectivity index is 1.58. The van der Waals surface area contributed by atoms with Gasteiger partial charge in [0.05, 0.1) is 25.5 Å². The number of hydrogen-bond donors (Lipinski definition) is 1. The SMILES string of the molecule is COc1ncnc(OC)c1C(=O)Nc1nc2c(s1)C1(COC(C)(C)O1)Oc1cc(C(F)(F)F)ccc1-2. The monoisotopic (exact) mass is 524 g/mol. The van der Waals surface area contributed by atoms with Crippen molar-refractivity contribution < 1.29 is 41.7 Å². The Morgan fingerprint density at radius 1 is 1.17 bits per heavy atom. The number of fused-ring (bicyclic) bond motifs is 4. The van der Waals surface area contributed by atoms with Gasteiger partial charge in [-0.15, -0.1) is 0 Å². The number of anilines is 1. The van der Waals surface area contributed by atoms with Crippen LogP contribution >= 0.6 is 11.3 Å². The van der Waals surface area contributed by atoms with Crippen LogP contribution in [-0.4, -0.2) is 47.5 Å². The molecule has 1 saturated heterocycles. The third-order valence-electron chi connectivity index (χ3n) is 5.44. The number of aromatic nitrogens is 3. The number of carbonyl (C=O) groups excluding carboxylic acids is 1. The summed E-state index contributed by atoms with van der Waals surface area (Å²) in [5.41, 5.74) is -0.329. The molecule has 2 aromatic heterocycles. The van der Waals surface area contributed by atoms with Gasteiger partial charge in [0.15, 0.2) is 16.5 Å². The zero-order valence-corrected chi connectivity index (χ0v) is 20.2. The molecule has 1 amide bonds. The summed E-state index contributed by atoms with van der Waals surface area (Å²) in [6.07, 6.45) is -3.39. The first kappa shape index (κ1) is 24.2. The summed E-state index contributed by atoms with van der Waals surface area (Å²) in [5.74, 6) is -3.39. The molecule has 1 unspecified atom stereocenters. The quantitative estimate of drug-likeness (QED) is 0.536. The van der Waals surface area contributed by atoms with Crippen molar-refractivity contribution in [3.8, 4) is 28.8 Å². The lowest BCUT2D eigenvalue weighted by Crippen LogP contribution is -2.39. The van der Waals surface area contributed by atoms with E-state index in [4.69, 9.17) is 23.7 Å². The van der Waals surface area contributed by atoms with E-state index in [1.807, 2.05) is 0 Å². The minimum atomic E-state index is -4.57. The number of methoxy groups -OCH3 is 2. The Labute approximate surface area is 206 Å². The van der Waals surface area contributed by atoms with Gasteiger partial charge in [-0.3, -0.25) is 10.1 Å². The molecule has 36 heavy (non-hydrogen) atoms. The molecule has 190 valence electrons. The van der Waals surface area contributed by atoms with Crippen LogP contribution in [0.2, 0.25) is 0 Å². The van der Waals surface area contributed by atoms with Crippen LogP contribution in [0.1, 0.15) is 34.6 Å². The molecule has 1 spiro atoms. The molecule has 0 saturated carbocycles. The van der Waals surface area contributed by atoms with Crippen molar-refractivity contribution in [1.29, 1.82) is 0 Å². The van der Waals surface area contributed by atoms with Crippen LogP contribution in [0.25, 0.3) is 11.3 Å². The zero-order chi connectivity index (χ0) is 25.9. The minimum Gasteiger partial charge on any atom is -0.480 e. The smallest absolute Gasteiger partial charge is 0.416 e. The Hall–Kier alpha value is -3.49. The van der Waals surface area contributed by atoms with Gasteiger partial charge >= 0.3 is 6.18 Å². The van der Waals surface area contributed by atoms with Gasteiger partial charge in [0, 0.05) is 5.56 Å². The van der Waals surface area contributed by atoms with E-state index >= 15 is 0 Å². The summed E-state index contributed by atoms with van der Waals surface area (Å²) in [7, 11) is 2.68. The molecule has 0 bridgehead atoms. The second-order valence-corrected chi connectivity index (χ2v) is 9.27. The summed E-state index contributed by atoms with van der Waals surface area (Å²) < 4.78 is 68.2. The van der Waals surface area contributed by atoms with Gasteiger partial charge in [-0.1, -0.05) is 11.3 Å². The van der Waals surface area contributed by atoms with E-state index in [9.17, 15) is 18.0 Å². The van der Waals surface area contributed by atoms with Gasteiger partial charge in [0.1, 0.15) is 23.6 Å². The van der Waals surface area contributed by atoms with Gasteiger partial charge in [-0.25, -0.2) is 15.0 Å². The fraction of sp³-hybridized carbons (Fsp3) is 0.364. The molecule has 0 radical (unpaired) electrons. The van der Waals surface area contributed by atoms with Crippen LogP contribution in [0.15, 0.2) is 24.5 Å². The highest BCUT2D eigenvalue weighted by molar-refractivity contribution is 7.16. The Morgan fingerprint density at radius 2 is 1.86 bits per heavy atom. The summed E-state index contributed by atoms with van der Waals surface area (Å²) >= 11 is 1.04. The fourth-order valence-electron chi connectivity index (χ4n) is 3.92. The predicted molar refractivity (Wildman–Crippen MR) is 119 cm³/mol. The normalized spacial score (nSPS) is 19.9. The van der Waals surface area contributed by atoms with Crippen molar-refractivity contribution in [3.63, 3.8) is 0 Å². The number of ether oxygens (including phenoxy) is 5.